The lowest BCUT2D eigenvalue weighted by Crippen LogP contribution is -2.47. The molecular formula is C24H21NO2. The summed E-state index contributed by atoms with van der Waals surface area (Å²) in [5.41, 5.74) is 0.987. The summed E-state index contributed by atoms with van der Waals surface area (Å²) >= 11 is 0. The van der Waals surface area contributed by atoms with Crippen molar-refractivity contribution in [3.63, 3.8) is 0 Å². The Morgan fingerprint density at radius 1 is 0.815 bits per heavy atom. The number of rotatable bonds is 3. The van der Waals surface area contributed by atoms with Crippen LogP contribution in [0.2, 0.25) is 0 Å². The molecule has 0 saturated carbocycles. The zero-order valence-electron chi connectivity index (χ0n) is 15.2. The molecular weight excluding hydrogens is 334 g/mol. The largest absolute Gasteiger partial charge is 0.277 e. The van der Waals surface area contributed by atoms with Crippen LogP contribution >= 0.6 is 0 Å². The van der Waals surface area contributed by atoms with Crippen molar-refractivity contribution >= 4 is 11.8 Å². The van der Waals surface area contributed by atoms with E-state index >= 15 is 0 Å². The third-order valence-electron chi connectivity index (χ3n) is 6.44. The summed E-state index contributed by atoms with van der Waals surface area (Å²) in [4.78, 5) is 28.4. The molecule has 27 heavy (non-hydrogen) atoms. The van der Waals surface area contributed by atoms with Crippen molar-refractivity contribution in [1.29, 1.82) is 0 Å². The molecule has 134 valence electrons. The van der Waals surface area contributed by atoms with Crippen molar-refractivity contribution in [3.8, 4) is 0 Å². The van der Waals surface area contributed by atoms with Crippen molar-refractivity contribution in [2.45, 2.75) is 19.4 Å². The minimum atomic E-state index is -0.843. The number of nitrogens with zero attached hydrogens (tertiary/aromatic N) is 1. The molecule has 0 radical (unpaired) electrons. The highest BCUT2D eigenvalue weighted by Gasteiger charge is 2.65. The lowest BCUT2D eigenvalue weighted by atomic mass is 9.51. The van der Waals surface area contributed by atoms with Crippen LogP contribution in [0.4, 0.5) is 0 Å². The fourth-order valence-electron chi connectivity index (χ4n) is 5.05. The first-order chi connectivity index (χ1) is 13.1. The smallest absolute Gasteiger partial charge is 0.244 e. The molecule has 3 nitrogen and oxygen atoms in total. The number of carbonyl (C=O) groups is 2. The van der Waals surface area contributed by atoms with Crippen molar-refractivity contribution in [3.05, 3.63) is 96.1 Å². The molecule has 1 fully saturated rings. The van der Waals surface area contributed by atoms with E-state index in [4.69, 9.17) is 0 Å². The number of hydrogen-bond acceptors (Lipinski definition) is 2. The van der Waals surface area contributed by atoms with Gasteiger partial charge in [-0.15, -0.1) is 0 Å². The lowest BCUT2D eigenvalue weighted by molar-refractivity contribution is -0.141. The highest BCUT2D eigenvalue weighted by molar-refractivity contribution is 6.10. The predicted molar refractivity (Wildman–Crippen MR) is 103 cm³/mol. The Bertz CT molecular complexity index is 960. The minimum absolute atomic E-state index is 0.0362. The summed E-state index contributed by atoms with van der Waals surface area (Å²) in [5.74, 6) is -0.573. The van der Waals surface area contributed by atoms with E-state index in [1.165, 1.54) is 4.90 Å². The van der Waals surface area contributed by atoms with Gasteiger partial charge < -0.3 is 0 Å². The molecule has 1 saturated heterocycles. The van der Waals surface area contributed by atoms with Gasteiger partial charge >= 0.3 is 0 Å². The highest BCUT2D eigenvalue weighted by Crippen LogP contribution is 2.62. The van der Waals surface area contributed by atoms with Gasteiger partial charge in [-0.3, -0.25) is 14.5 Å². The molecule has 1 heterocycles. The summed E-state index contributed by atoms with van der Waals surface area (Å²) in [5, 5.41) is 0. The summed E-state index contributed by atoms with van der Waals surface area (Å²) in [6, 6.07) is 19.9. The fourth-order valence-corrected chi connectivity index (χ4v) is 5.05. The van der Waals surface area contributed by atoms with Gasteiger partial charge in [0.1, 0.15) is 0 Å². The van der Waals surface area contributed by atoms with Crippen LogP contribution in [0.5, 0.6) is 0 Å². The Kier molecular flexibility index (Phi) is 3.33. The van der Waals surface area contributed by atoms with Crippen molar-refractivity contribution in [2.75, 3.05) is 0 Å². The molecule has 0 N–H and O–H groups in total. The molecule has 2 aromatic rings. The van der Waals surface area contributed by atoms with E-state index in [0.29, 0.717) is 6.54 Å². The third kappa shape index (κ3) is 2.14. The number of allylic oxidation sites excluding steroid dienone is 2. The van der Waals surface area contributed by atoms with Gasteiger partial charge in [0.05, 0.1) is 17.9 Å². The first-order valence-corrected chi connectivity index (χ1v) is 9.41. The molecule has 3 aliphatic carbocycles. The van der Waals surface area contributed by atoms with Gasteiger partial charge in [0.2, 0.25) is 11.8 Å². The Balaban J connectivity index is 1.61. The van der Waals surface area contributed by atoms with Crippen molar-refractivity contribution < 1.29 is 9.59 Å². The first kappa shape index (κ1) is 16.2. The van der Waals surface area contributed by atoms with E-state index in [1.807, 2.05) is 60.7 Å². The number of hydrogen-bond donors (Lipinski definition) is 0. The molecule has 0 unspecified atom stereocenters. The summed E-state index contributed by atoms with van der Waals surface area (Å²) < 4.78 is 0. The Morgan fingerprint density at radius 3 is 2.04 bits per heavy atom. The van der Waals surface area contributed by atoms with Crippen molar-refractivity contribution in [2.24, 2.45) is 16.7 Å². The van der Waals surface area contributed by atoms with Crippen LogP contribution in [0.3, 0.4) is 0 Å². The molecule has 6 rings (SSSR count). The zero-order chi connectivity index (χ0) is 18.6. The van der Waals surface area contributed by atoms with Crippen LogP contribution in [0.25, 0.3) is 0 Å². The molecule has 4 aliphatic rings. The van der Waals surface area contributed by atoms with Crippen molar-refractivity contribution in [1.82, 2.24) is 4.90 Å². The molecule has 3 heteroatoms. The van der Waals surface area contributed by atoms with Crippen LogP contribution < -0.4 is 0 Å². The molecule has 2 amide bonds. The molecule has 0 aromatic heterocycles. The van der Waals surface area contributed by atoms with Crippen LogP contribution in [0, 0.1) is 16.7 Å². The average molecular weight is 355 g/mol. The summed E-state index contributed by atoms with van der Waals surface area (Å²) in [6.45, 7) is 2.48. The van der Waals surface area contributed by atoms with Crippen LogP contribution in [0.15, 0.2) is 85.0 Å². The molecule has 2 aromatic carbocycles. The maximum atomic E-state index is 13.5. The predicted octanol–water partition coefficient (Wildman–Crippen LogP) is 4.09. The van der Waals surface area contributed by atoms with E-state index in [2.05, 4.69) is 31.2 Å². The van der Waals surface area contributed by atoms with Gasteiger partial charge in [0.15, 0.2) is 0 Å². The van der Waals surface area contributed by atoms with E-state index in [0.717, 1.165) is 11.1 Å². The number of benzene rings is 2. The van der Waals surface area contributed by atoms with Crippen LogP contribution in [-0.2, 0) is 16.1 Å². The average Bonchev–Trinajstić information content (AvgIpc) is 2.91. The fraction of sp³-hybridized carbons (Fsp3) is 0.250. The molecule has 2 bridgehead atoms. The van der Waals surface area contributed by atoms with E-state index in [1.54, 1.807) is 0 Å². The topological polar surface area (TPSA) is 37.4 Å². The van der Waals surface area contributed by atoms with Gasteiger partial charge in [0.25, 0.3) is 0 Å². The van der Waals surface area contributed by atoms with Crippen LogP contribution in [0.1, 0.15) is 24.0 Å². The van der Waals surface area contributed by atoms with Gasteiger partial charge in [-0.05, 0) is 11.1 Å². The second-order valence-corrected chi connectivity index (χ2v) is 8.05. The van der Waals surface area contributed by atoms with E-state index < -0.39 is 5.41 Å². The van der Waals surface area contributed by atoms with Gasteiger partial charge in [0, 0.05) is 11.3 Å². The molecule has 2 atom stereocenters. The second-order valence-electron chi connectivity index (χ2n) is 8.05. The zero-order valence-corrected chi connectivity index (χ0v) is 15.2. The normalized spacial score (nSPS) is 33.6. The summed E-state index contributed by atoms with van der Waals surface area (Å²) in [6.07, 6.45) is 8.20. The monoisotopic (exact) mass is 355 g/mol. The van der Waals surface area contributed by atoms with Gasteiger partial charge in [-0.25, -0.2) is 0 Å². The Labute approximate surface area is 159 Å². The SMILES string of the molecule is CC12C=CC3(C=C1)C(=O)N(Cc1ccccc1)C(=O)[C@H]3[C@@H]2c1ccccc1. The lowest BCUT2D eigenvalue weighted by Gasteiger charge is -2.48. The maximum Gasteiger partial charge on any atom is 0.244 e. The standard InChI is InChI=1S/C24H21NO2/c1-23-12-14-24(15-13-23)20(19(23)18-10-6-3-7-11-18)21(26)25(22(24)27)16-17-8-4-2-5-9-17/h2-15,19-20H,16H2,1H3/t19-,20+,23?,24?/m0/s1. The number of carbonyl (C=O) groups excluding carboxylic acids is 2. The second kappa shape index (κ2) is 5.53. The number of likely N-dealkylation sites (tertiary alicyclic amines) is 1. The number of amides is 2. The van der Waals surface area contributed by atoms with Gasteiger partial charge in [-0.2, -0.15) is 0 Å². The number of imide groups is 1. The summed E-state index contributed by atoms with van der Waals surface area (Å²) in [7, 11) is 0. The minimum Gasteiger partial charge on any atom is -0.277 e. The van der Waals surface area contributed by atoms with E-state index in [-0.39, 0.29) is 29.1 Å². The molecule has 1 aliphatic heterocycles. The quantitative estimate of drug-likeness (QED) is 0.614. The Hall–Kier alpha value is -2.94. The van der Waals surface area contributed by atoms with Gasteiger partial charge in [-0.1, -0.05) is 91.9 Å². The highest BCUT2D eigenvalue weighted by atomic mass is 16.2. The third-order valence-corrected chi connectivity index (χ3v) is 6.44. The Morgan fingerprint density at radius 2 is 1.41 bits per heavy atom. The van der Waals surface area contributed by atoms with E-state index in [9.17, 15) is 9.59 Å². The molecule has 1 spiro atoms. The van der Waals surface area contributed by atoms with Crippen LogP contribution in [-0.4, -0.2) is 16.7 Å². The first-order valence-electron chi connectivity index (χ1n) is 9.41. The maximum absolute atomic E-state index is 13.5.